The largest absolute Gasteiger partial charge is 0.388 e. The van der Waals surface area contributed by atoms with Crippen LogP contribution in [-0.4, -0.2) is 35.6 Å². The summed E-state index contributed by atoms with van der Waals surface area (Å²) < 4.78 is 0. The summed E-state index contributed by atoms with van der Waals surface area (Å²) in [6.07, 6.45) is 3.34. The molecule has 102 valence electrons. The van der Waals surface area contributed by atoms with Gasteiger partial charge in [-0.2, -0.15) is 0 Å². The lowest BCUT2D eigenvalue weighted by atomic mass is 10.0. The van der Waals surface area contributed by atoms with E-state index < -0.39 is 0 Å². The maximum atomic E-state index is 7.40. The zero-order valence-electron chi connectivity index (χ0n) is 11.1. The number of thioether (sulfide) groups is 1. The van der Waals surface area contributed by atoms with Gasteiger partial charge in [-0.15, -0.1) is 11.8 Å². The molecular weight excluding hydrogens is 254 g/mol. The van der Waals surface area contributed by atoms with Gasteiger partial charge in [0.1, 0.15) is 0 Å². The molecule has 3 N–H and O–H groups in total. The average Bonchev–Trinajstić information content (AvgIpc) is 3.17. The first-order valence-electron chi connectivity index (χ1n) is 7.02. The quantitative estimate of drug-likeness (QED) is 0.620. The highest BCUT2D eigenvalue weighted by Crippen LogP contribution is 2.41. The van der Waals surface area contributed by atoms with Crippen LogP contribution in [0.1, 0.15) is 30.7 Å². The van der Waals surface area contributed by atoms with Crippen molar-refractivity contribution >= 4 is 17.6 Å². The number of hydrogen-bond acceptors (Lipinski definition) is 3. The second-order valence-corrected chi connectivity index (χ2v) is 6.61. The monoisotopic (exact) mass is 275 g/mol. The van der Waals surface area contributed by atoms with Crippen LogP contribution in [0.3, 0.4) is 0 Å². The number of fused-ring (bicyclic) bond motifs is 1. The fraction of sp³-hybridized carbons (Fsp3) is 0.533. The zero-order valence-corrected chi connectivity index (χ0v) is 12.0. The maximum absolute atomic E-state index is 7.40. The number of nitrogens with one attached hydrogen (secondary N) is 1. The summed E-state index contributed by atoms with van der Waals surface area (Å²) in [5.41, 5.74) is 7.01. The fourth-order valence-electron chi connectivity index (χ4n) is 2.79. The summed E-state index contributed by atoms with van der Waals surface area (Å²) in [4.78, 5) is 4.00. The Labute approximate surface area is 119 Å². The molecule has 1 saturated carbocycles. The summed E-state index contributed by atoms with van der Waals surface area (Å²) in [5, 5.41) is 7.40. The van der Waals surface area contributed by atoms with Crippen LogP contribution in [0.4, 0.5) is 0 Å². The number of hydrogen-bond donors (Lipinski definition) is 2. The Morgan fingerprint density at radius 2 is 2.16 bits per heavy atom. The molecule has 1 unspecified atom stereocenters. The van der Waals surface area contributed by atoms with Crippen molar-refractivity contribution in [1.82, 2.24) is 4.90 Å². The maximum Gasteiger partial charge on any atom is 0.0918 e. The minimum atomic E-state index is 0.312. The second kappa shape index (κ2) is 5.55. The summed E-state index contributed by atoms with van der Waals surface area (Å²) in [6.45, 7) is 2.07. The first-order chi connectivity index (χ1) is 9.24. The Morgan fingerprint density at radius 3 is 2.89 bits per heavy atom. The smallest absolute Gasteiger partial charge is 0.0918 e. The molecule has 0 radical (unpaired) electrons. The first kappa shape index (κ1) is 13.0. The van der Waals surface area contributed by atoms with Crippen LogP contribution >= 0.6 is 11.8 Å². The van der Waals surface area contributed by atoms with Gasteiger partial charge in [0, 0.05) is 42.1 Å². The van der Waals surface area contributed by atoms with E-state index >= 15 is 0 Å². The van der Waals surface area contributed by atoms with Crippen LogP contribution in [0.5, 0.6) is 0 Å². The highest BCUT2D eigenvalue weighted by Gasteiger charge is 2.32. The van der Waals surface area contributed by atoms with Gasteiger partial charge in [0.2, 0.25) is 0 Å². The third-order valence-electron chi connectivity index (χ3n) is 3.99. The van der Waals surface area contributed by atoms with Crippen LogP contribution in [0.2, 0.25) is 0 Å². The summed E-state index contributed by atoms with van der Waals surface area (Å²) >= 11 is 1.98. The topological polar surface area (TPSA) is 53.1 Å². The number of rotatable bonds is 6. The highest BCUT2D eigenvalue weighted by atomic mass is 32.2. The van der Waals surface area contributed by atoms with E-state index in [0.29, 0.717) is 18.2 Å². The number of amidine groups is 1. The molecule has 1 atom stereocenters. The van der Waals surface area contributed by atoms with Gasteiger partial charge in [-0.1, -0.05) is 18.2 Å². The minimum absolute atomic E-state index is 0.312. The van der Waals surface area contributed by atoms with Crippen molar-refractivity contribution in [3.63, 3.8) is 0 Å². The molecule has 1 fully saturated rings. The molecule has 1 aliphatic heterocycles. The van der Waals surface area contributed by atoms with Crippen molar-refractivity contribution in [1.29, 1.82) is 5.41 Å². The van der Waals surface area contributed by atoms with E-state index in [-0.39, 0.29) is 0 Å². The van der Waals surface area contributed by atoms with Crippen molar-refractivity contribution in [2.75, 3.05) is 18.8 Å². The lowest BCUT2D eigenvalue weighted by Crippen LogP contribution is -2.33. The Balaban J connectivity index is 1.64. The van der Waals surface area contributed by atoms with E-state index in [9.17, 15) is 0 Å². The van der Waals surface area contributed by atoms with Gasteiger partial charge in [-0.25, -0.2) is 0 Å². The van der Waals surface area contributed by atoms with Crippen LogP contribution < -0.4 is 5.73 Å². The van der Waals surface area contributed by atoms with E-state index in [4.69, 9.17) is 11.1 Å². The summed E-state index contributed by atoms with van der Waals surface area (Å²) in [6, 6.07) is 9.53. The Morgan fingerprint density at radius 1 is 1.37 bits per heavy atom. The van der Waals surface area contributed by atoms with Gasteiger partial charge in [-0.3, -0.25) is 10.3 Å². The molecule has 2 aliphatic rings. The van der Waals surface area contributed by atoms with Gasteiger partial charge in [-0.05, 0) is 24.5 Å². The van der Waals surface area contributed by atoms with Crippen LogP contribution in [-0.2, 0) is 0 Å². The average molecular weight is 275 g/mol. The molecule has 1 aromatic carbocycles. The molecule has 0 amide bonds. The molecule has 1 heterocycles. The third kappa shape index (κ3) is 3.12. The summed E-state index contributed by atoms with van der Waals surface area (Å²) in [7, 11) is 0. The number of nitrogens with zero attached hydrogens (tertiary/aromatic N) is 1. The lowest BCUT2D eigenvalue weighted by Gasteiger charge is -2.25. The van der Waals surface area contributed by atoms with Crippen molar-refractivity contribution < 1.29 is 0 Å². The third-order valence-corrected chi connectivity index (χ3v) is 5.24. The summed E-state index contributed by atoms with van der Waals surface area (Å²) in [5.74, 6) is 2.16. The minimum Gasteiger partial charge on any atom is -0.388 e. The molecule has 4 heteroatoms. The highest BCUT2D eigenvalue weighted by molar-refractivity contribution is 7.99. The first-order valence-corrected chi connectivity index (χ1v) is 8.01. The molecule has 1 aliphatic carbocycles. The van der Waals surface area contributed by atoms with Crippen molar-refractivity contribution in [2.45, 2.75) is 36.1 Å². The van der Waals surface area contributed by atoms with E-state index in [1.165, 1.54) is 29.1 Å². The molecule has 0 aromatic heterocycles. The van der Waals surface area contributed by atoms with E-state index in [0.717, 1.165) is 19.1 Å². The molecule has 0 saturated heterocycles. The number of benzene rings is 1. The van der Waals surface area contributed by atoms with Crippen molar-refractivity contribution in [2.24, 2.45) is 5.73 Å². The van der Waals surface area contributed by atoms with E-state index in [2.05, 4.69) is 29.2 Å². The van der Waals surface area contributed by atoms with Crippen molar-refractivity contribution in [3.05, 3.63) is 29.8 Å². The van der Waals surface area contributed by atoms with Gasteiger partial charge >= 0.3 is 0 Å². The fourth-order valence-corrected chi connectivity index (χ4v) is 4.03. The number of nitrogens with two attached hydrogens (primary N) is 1. The zero-order chi connectivity index (χ0) is 13.2. The Bertz CT molecular complexity index is 470. The van der Waals surface area contributed by atoms with E-state index in [1.54, 1.807) is 0 Å². The molecule has 3 rings (SSSR count). The molecule has 1 aromatic rings. The SMILES string of the molecule is N=C(N)CCN(CC1CSc2ccccc21)C1CC1. The lowest BCUT2D eigenvalue weighted by molar-refractivity contribution is 0.259. The molecule has 3 nitrogen and oxygen atoms in total. The van der Waals surface area contributed by atoms with Crippen LogP contribution in [0, 0.1) is 5.41 Å². The van der Waals surface area contributed by atoms with Crippen LogP contribution in [0.15, 0.2) is 29.2 Å². The normalized spacial score (nSPS) is 21.6. The Kier molecular flexibility index (Phi) is 3.80. The molecule has 0 bridgehead atoms. The van der Waals surface area contributed by atoms with Crippen molar-refractivity contribution in [3.8, 4) is 0 Å². The van der Waals surface area contributed by atoms with Gasteiger partial charge < -0.3 is 5.73 Å². The standard InChI is InChI=1S/C15H21N3S/c16-15(17)7-8-18(12-5-6-12)9-11-10-19-14-4-2-1-3-13(11)14/h1-4,11-12H,5-10H2,(H3,16,17). The van der Waals surface area contributed by atoms with Gasteiger partial charge in [0.25, 0.3) is 0 Å². The Hall–Kier alpha value is -1.00. The van der Waals surface area contributed by atoms with E-state index in [1.807, 2.05) is 11.8 Å². The second-order valence-electron chi connectivity index (χ2n) is 5.55. The molecular formula is C15H21N3S. The van der Waals surface area contributed by atoms with Gasteiger partial charge in [0.05, 0.1) is 5.84 Å². The predicted molar refractivity (Wildman–Crippen MR) is 81.0 cm³/mol. The predicted octanol–water partition coefficient (Wildman–Crippen LogP) is 2.67. The molecule has 19 heavy (non-hydrogen) atoms. The van der Waals surface area contributed by atoms with Gasteiger partial charge in [0.15, 0.2) is 0 Å². The van der Waals surface area contributed by atoms with Crippen LogP contribution in [0.25, 0.3) is 0 Å². The molecule has 0 spiro atoms.